The molecule has 0 bridgehead atoms. The number of aromatic amines is 2. The Morgan fingerprint density at radius 3 is 2.76 bits per heavy atom. The highest BCUT2D eigenvalue weighted by Gasteiger charge is 2.11. The molecular formula is C20H13N3OS. The van der Waals surface area contributed by atoms with E-state index in [4.69, 9.17) is 4.98 Å². The van der Waals surface area contributed by atoms with E-state index in [2.05, 4.69) is 22.1 Å². The van der Waals surface area contributed by atoms with Crippen LogP contribution in [0.1, 0.15) is 0 Å². The molecule has 0 saturated carbocycles. The van der Waals surface area contributed by atoms with Crippen LogP contribution >= 0.6 is 11.3 Å². The first-order chi connectivity index (χ1) is 12.3. The monoisotopic (exact) mass is 343 g/mol. The SMILES string of the molecule is O=c1[nH]c2ccccc2cc1-c1csc(-c2ccc3[nH]ccc3c2)n1. The molecule has 2 N–H and O–H groups in total. The quantitative estimate of drug-likeness (QED) is 0.484. The van der Waals surface area contributed by atoms with Gasteiger partial charge in [0.05, 0.1) is 11.3 Å². The molecule has 5 aromatic rings. The normalized spacial score (nSPS) is 11.4. The van der Waals surface area contributed by atoms with Crippen molar-refractivity contribution >= 4 is 33.1 Å². The molecule has 0 aliphatic carbocycles. The van der Waals surface area contributed by atoms with Crippen LogP contribution in [-0.2, 0) is 0 Å². The lowest BCUT2D eigenvalue weighted by atomic mass is 10.1. The largest absolute Gasteiger partial charge is 0.361 e. The summed E-state index contributed by atoms with van der Waals surface area (Å²) in [5.41, 5.74) is 4.19. The number of pyridine rings is 1. The van der Waals surface area contributed by atoms with Gasteiger partial charge in [-0.15, -0.1) is 11.3 Å². The summed E-state index contributed by atoms with van der Waals surface area (Å²) in [6, 6.07) is 17.9. The Balaban J connectivity index is 1.62. The fraction of sp³-hybridized carbons (Fsp3) is 0. The first-order valence-corrected chi connectivity index (χ1v) is 8.81. The second-order valence-electron chi connectivity index (χ2n) is 5.92. The Hall–Kier alpha value is -3.18. The first kappa shape index (κ1) is 14.2. The Morgan fingerprint density at radius 2 is 1.80 bits per heavy atom. The number of nitrogens with zero attached hydrogens (tertiary/aromatic N) is 1. The third kappa shape index (κ3) is 2.37. The van der Waals surface area contributed by atoms with E-state index in [0.29, 0.717) is 11.3 Å². The second kappa shape index (κ2) is 5.43. The van der Waals surface area contributed by atoms with E-state index >= 15 is 0 Å². The summed E-state index contributed by atoms with van der Waals surface area (Å²) in [6.45, 7) is 0. The zero-order chi connectivity index (χ0) is 16.8. The minimum absolute atomic E-state index is 0.114. The first-order valence-electron chi connectivity index (χ1n) is 7.93. The summed E-state index contributed by atoms with van der Waals surface area (Å²) in [4.78, 5) is 23.2. The van der Waals surface area contributed by atoms with Crippen LogP contribution in [0.3, 0.4) is 0 Å². The van der Waals surface area contributed by atoms with Crippen LogP contribution < -0.4 is 5.56 Å². The molecule has 25 heavy (non-hydrogen) atoms. The van der Waals surface area contributed by atoms with Gasteiger partial charge >= 0.3 is 0 Å². The molecule has 4 nitrogen and oxygen atoms in total. The van der Waals surface area contributed by atoms with E-state index in [1.165, 1.54) is 0 Å². The molecule has 3 aromatic heterocycles. The van der Waals surface area contributed by atoms with Crippen LogP contribution in [0.2, 0.25) is 0 Å². The van der Waals surface area contributed by atoms with Crippen LogP contribution in [0.25, 0.3) is 43.6 Å². The lowest BCUT2D eigenvalue weighted by Gasteiger charge is -2.01. The molecule has 0 radical (unpaired) electrons. The molecule has 3 heterocycles. The van der Waals surface area contributed by atoms with E-state index in [9.17, 15) is 4.79 Å². The maximum Gasteiger partial charge on any atom is 0.257 e. The van der Waals surface area contributed by atoms with Crippen molar-refractivity contribution in [1.82, 2.24) is 15.0 Å². The molecule has 0 aliphatic heterocycles. The van der Waals surface area contributed by atoms with Crippen molar-refractivity contribution in [3.8, 4) is 21.8 Å². The lowest BCUT2D eigenvalue weighted by molar-refractivity contribution is 1.28. The van der Waals surface area contributed by atoms with E-state index in [1.807, 2.05) is 54.0 Å². The van der Waals surface area contributed by atoms with Gasteiger partial charge in [0.1, 0.15) is 5.01 Å². The number of hydrogen-bond donors (Lipinski definition) is 2. The van der Waals surface area contributed by atoms with Crippen molar-refractivity contribution in [2.75, 3.05) is 0 Å². The molecule has 5 heteroatoms. The average Bonchev–Trinajstić information content (AvgIpc) is 3.29. The molecule has 0 spiro atoms. The number of para-hydroxylation sites is 1. The van der Waals surface area contributed by atoms with Gasteiger partial charge in [-0.1, -0.05) is 18.2 Å². The van der Waals surface area contributed by atoms with Crippen LogP contribution in [0.4, 0.5) is 0 Å². The van der Waals surface area contributed by atoms with Gasteiger partial charge in [0, 0.05) is 33.6 Å². The fourth-order valence-electron chi connectivity index (χ4n) is 3.05. The summed E-state index contributed by atoms with van der Waals surface area (Å²) in [7, 11) is 0. The fourth-order valence-corrected chi connectivity index (χ4v) is 3.87. The van der Waals surface area contributed by atoms with Crippen molar-refractivity contribution in [3.05, 3.63) is 76.5 Å². The highest BCUT2D eigenvalue weighted by molar-refractivity contribution is 7.13. The summed E-state index contributed by atoms with van der Waals surface area (Å²) >= 11 is 1.55. The van der Waals surface area contributed by atoms with E-state index in [1.54, 1.807) is 11.3 Å². The maximum atomic E-state index is 12.4. The molecule has 5 rings (SSSR count). The van der Waals surface area contributed by atoms with Crippen LogP contribution in [0.5, 0.6) is 0 Å². The van der Waals surface area contributed by atoms with Gasteiger partial charge in [-0.2, -0.15) is 0 Å². The number of aromatic nitrogens is 3. The molecule has 0 fully saturated rings. The van der Waals surface area contributed by atoms with Crippen molar-refractivity contribution in [2.45, 2.75) is 0 Å². The number of nitrogens with one attached hydrogen (secondary N) is 2. The average molecular weight is 343 g/mol. The number of rotatable bonds is 2. The summed E-state index contributed by atoms with van der Waals surface area (Å²) < 4.78 is 0. The molecule has 2 aromatic carbocycles. The minimum Gasteiger partial charge on any atom is -0.361 e. The van der Waals surface area contributed by atoms with E-state index in [0.717, 1.165) is 32.4 Å². The van der Waals surface area contributed by atoms with Crippen molar-refractivity contribution < 1.29 is 0 Å². The van der Waals surface area contributed by atoms with Gasteiger partial charge in [0.15, 0.2) is 0 Å². The topological polar surface area (TPSA) is 61.5 Å². The smallest absolute Gasteiger partial charge is 0.257 e. The van der Waals surface area contributed by atoms with Crippen molar-refractivity contribution in [3.63, 3.8) is 0 Å². The van der Waals surface area contributed by atoms with Gasteiger partial charge in [0.25, 0.3) is 5.56 Å². The number of hydrogen-bond acceptors (Lipinski definition) is 3. The molecule has 0 atom stereocenters. The highest BCUT2D eigenvalue weighted by atomic mass is 32.1. The number of thiazole rings is 1. The predicted molar refractivity (Wildman–Crippen MR) is 103 cm³/mol. The summed E-state index contributed by atoms with van der Waals surface area (Å²) in [5.74, 6) is 0. The Morgan fingerprint density at radius 1 is 0.920 bits per heavy atom. The Bertz CT molecular complexity index is 1280. The number of fused-ring (bicyclic) bond motifs is 2. The third-order valence-corrected chi connectivity index (χ3v) is 5.23. The van der Waals surface area contributed by atoms with E-state index in [-0.39, 0.29) is 5.56 Å². The summed E-state index contributed by atoms with van der Waals surface area (Å²) in [6.07, 6.45) is 1.93. The van der Waals surface area contributed by atoms with Crippen LogP contribution in [0, 0.1) is 0 Å². The molecular weight excluding hydrogens is 330 g/mol. The molecule has 0 unspecified atom stereocenters. The zero-order valence-corrected chi connectivity index (χ0v) is 13.9. The van der Waals surface area contributed by atoms with Gasteiger partial charge < -0.3 is 9.97 Å². The maximum absolute atomic E-state index is 12.4. The standard InChI is InChI=1S/C20H13N3OS/c24-19-15(10-12-3-1-2-4-17(12)22-19)18-11-25-20(23-18)14-5-6-16-13(9-14)7-8-21-16/h1-11,21H,(H,22,24). The minimum atomic E-state index is -0.114. The molecule has 120 valence electrons. The molecule has 0 saturated heterocycles. The van der Waals surface area contributed by atoms with Gasteiger partial charge in [0.2, 0.25) is 0 Å². The van der Waals surface area contributed by atoms with Crippen molar-refractivity contribution in [2.24, 2.45) is 0 Å². The van der Waals surface area contributed by atoms with Crippen LogP contribution in [0.15, 0.2) is 71.0 Å². The van der Waals surface area contributed by atoms with Gasteiger partial charge in [-0.3, -0.25) is 4.79 Å². The molecule has 0 aliphatic rings. The zero-order valence-electron chi connectivity index (χ0n) is 13.1. The Labute approximate surface area is 146 Å². The Kier molecular flexibility index (Phi) is 3.08. The molecule has 0 amide bonds. The second-order valence-corrected chi connectivity index (χ2v) is 6.78. The van der Waals surface area contributed by atoms with Crippen molar-refractivity contribution in [1.29, 1.82) is 0 Å². The number of H-pyrrole nitrogens is 2. The third-order valence-electron chi connectivity index (χ3n) is 4.33. The number of benzene rings is 2. The van der Waals surface area contributed by atoms with Crippen LogP contribution in [-0.4, -0.2) is 15.0 Å². The summed E-state index contributed by atoms with van der Waals surface area (Å²) in [5, 5.41) is 5.00. The van der Waals surface area contributed by atoms with Gasteiger partial charge in [-0.05, 0) is 41.8 Å². The van der Waals surface area contributed by atoms with Gasteiger partial charge in [-0.25, -0.2) is 4.98 Å². The highest BCUT2D eigenvalue weighted by Crippen LogP contribution is 2.30. The lowest BCUT2D eigenvalue weighted by Crippen LogP contribution is -2.08. The van der Waals surface area contributed by atoms with E-state index < -0.39 is 0 Å². The predicted octanol–water partition coefficient (Wildman–Crippen LogP) is 4.80.